The number of phenolic OH excluding ortho intramolecular Hbond substituents is 1. The molecule has 2 aromatic carbocycles. The van der Waals surface area contributed by atoms with Crippen molar-refractivity contribution in [1.29, 1.82) is 0 Å². The Labute approximate surface area is 160 Å². The fraction of sp³-hybridized carbons (Fsp3) is 0.278. The van der Waals surface area contributed by atoms with Crippen LogP contribution in [0, 0.1) is 0 Å². The van der Waals surface area contributed by atoms with Gasteiger partial charge in [0.25, 0.3) is 0 Å². The van der Waals surface area contributed by atoms with Crippen LogP contribution in [0.4, 0.5) is 11.4 Å². The Kier molecular flexibility index (Phi) is 5.83. The van der Waals surface area contributed by atoms with Gasteiger partial charge >= 0.3 is 0 Å². The zero-order valence-electron chi connectivity index (χ0n) is 13.6. The average molecular weight is 425 g/mol. The second kappa shape index (κ2) is 8.08. The summed E-state index contributed by atoms with van der Waals surface area (Å²) < 4.78 is 0.871. The standard InChI is InChI=1S/C18H19BrClN3O2/c19-13-5-6-15(14(20)11-13)21-18(25)12-22-7-9-23(10-8-22)16-3-1-2-4-17(16)24/h1-6,11,24H,7-10,12H2,(H,21,25). The number of aromatic hydroxyl groups is 1. The summed E-state index contributed by atoms with van der Waals surface area (Å²) in [5.41, 5.74) is 1.45. The van der Waals surface area contributed by atoms with Crippen molar-refractivity contribution in [3.8, 4) is 5.75 Å². The molecule has 132 valence electrons. The molecular weight excluding hydrogens is 406 g/mol. The number of anilines is 2. The number of carbonyl (C=O) groups is 1. The normalized spacial score (nSPS) is 15.2. The van der Waals surface area contributed by atoms with Gasteiger partial charge in [0, 0.05) is 30.7 Å². The number of nitrogens with one attached hydrogen (secondary N) is 1. The lowest BCUT2D eigenvalue weighted by atomic mass is 10.2. The molecule has 1 saturated heterocycles. The Hall–Kier alpha value is -1.76. The van der Waals surface area contributed by atoms with Crippen molar-refractivity contribution in [1.82, 2.24) is 4.90 Å². The molecule has 0 aliphatic carbocycles. The summed E-state index contributed by atoms with van der Waals surface area (Å²) >= 11 is 9.47. The van der Waals surface area contributed by atoms with Gasteiger partial charge in [0.2, 0.25) is 5.91 Å². The quantitative estimate of drug-likeness (QED) is 0.788. The van der Waals surface area contributed by atoms with E-state index in [2.05, 4.69) is 31.0 Å². The summed E-state index contributed by atoms with van der Waals surface area (Å²) in [5, 5.41) is 13.3. The number of benzene rings is 2. The van der Waals surface area contributed by atoms with E-state index in [1.807, 2.05) is 24.3 Å². The Bertz CT molecular complexity index is 764. The SMILES string of the molecule is O=C(CN1CCN(c2ccccc2O)CC1)Nc1ccc(Br)cc1Cl. The van der Waals surface area contributed by atoms with E-state index in [0.717, 1.165) is 36.3 Å². The first kappa shape index (κ1) is 18.0. The van der Waals surface area contributed by atoms with Crippen molar-refractivity contribution in [2.24, 2.45) is 0 Å². The number of halogens is 2. The molecule has 0 spiro atoms. The van der Waals surface area contributed by atoms with Gasteiger partial charge in [0.1, 0.15) is 5.75 Å². The lowest BCUT2D eigenvalue weighted by Gasteiger charge is -2.35. The monoisotopic (exact) mass is 423 g/mol. The number of rotatable bonds is 4. The van der Waals surface area contributed by atoms with Crippen LogP contribution in [-0.2, 0) is 4.79 Å². The van der Waals surface area contributed by atoms with E-state index in [0.29, 0.717) is 23.0 Å². The number of hydrogen-bond donors (Lipinski definition) is 2. The van der Waals surface area contributed by atoms with Gasteiger partial charge in [-0.3, -0.25) is 9.69 Å². The maximum absolute atomic E-state index is 12.2. The summed E-state index contributed by atoms with van der Waals surface area (Å²) in [6, 6.07) is 12.7. The second-order valence-corrected chi connectivity index (χ2v) is 7.25. The summed E-state index contributed by atoms with van der Waals surface area (Å²) in [6.45, 7) is 3.38. The number of nitrogens with zero attached hydrogens (tertiary/aromatic N) is 2. The molecule has 25 heavy (non-hydrogen) atoms. The van der Waals surface area contributed by atoms with Crippen LogP contribution in [0.5, 0.6) is 5.75 Å². The molecule has 7 heteroatoms. The minimum absolute atomic E-state index is 0.0831. The highest BCUT2D eigenvalue weighted by atomic mass is 79.9. The Morgan fingerprint density at radius 3 is 2.56 bits per heavy atom. The molecule has 1 fully saturated rings. The van der Waals surface area contributed by atoms with Gasteiger partial charge in [-0.2, -0.15) is 0 Å². The molecule has 0 aromatic heterocycles. The minimum Gasteiger partial charge on any atom is -0.506 e. The molecule has 0 radical (unpaired) electrons. The maximum atomic E-state index is 12.2. The lowest BCUT2D eigenvalue weighted by molar-refractivity contribution is -0.117. The molecule has 2 aromatic rings. The second-order valence-electron chi connectivity index (χ2n) is 5.92. The zero-order chi connectivity index (χ0) is 17.8. The van der Waals surface area contributed by atoms with Gasteiger partial charge in [-0.1, -0.05) is 39.7 Å². The minimum atomic E-state index is -0.0831. The van der Waals surface area contributed by atoms with Gasteiger partial charge in [-0.15, -0.1) is 0 Å². The van der Waals surface area contributed by atoms with E-state index < -0.39 is 0 Å². The van der Waals surface area contributed by atoms with Gasteiger partial charge in [0.15, 0.2) is 0 Å². The van der Waals surface area contributed by atoms with E-state index in [9.17, 15) is 9.90 Å². The van der Waals surface area contributed by atoms with E-state index in [1.165, 1.54) is 0 Å². The van der Waals surface area contributed by atoms with Crippen LogP contribution in [-0.4, -0.2) is 48.6 Å². The molecule has 0 atom stereocenters. The Balaban J connectivity index is 1.52. The smallest absolute Gasteiger partial charge is 0.238 e. The van der Waals surface area contributed by atoms with Crippen LogP contribution in [0.15, 0.2) is 46.9 Å². The molecule has 1 heterocycles. The number of carbonyl (C=O) groups excluding carboxylic acids is 1. The predicted octanol–water partition coefficient (Wildman–Crippen LogP) is 3.57. The van der Waals surface area contributed by atoms with E-state index in [1.54, 1.807) is 18.2 Å². The third-order valence-corrected chi connectivity index (χ3v) is 4.97. The van der Waals surface area contributed by atoms with Gasteiger partial charge in [0.05, 0.1) is 22.9 Å². The fourth-order valence-corrected chi connectivity index (χ4v) is 3.58. The largest absolute Gasteiger partial charge is 0.506 e. The van der Waals surface area contributed by atoms with E-state index in [4.69, 9.17) is 11.6 Å². The molecule has 1 aliphatic heterocycles. The maximum Gasteiger partial charge on any atom is 0.238 e. The summed E-state index contributed by atoms with van der Waals surface area (Å²) in [4.78, 5) is 16.5. The summed E-state index contributed by atoms with van der Waals surface area (Å²) in [7, 11) is 0. The van der Waals surface area contributed by atoms with Crippen molar-refractivity contribution < 1.29 is 9.90 Å². The molecule has 5 nitrogen and oxygen atoms in total. The van der Waals surface area contributed by atoms with Crippen LogP contribution in [0.2, 0.25) is 5.02 Å². The molecule has 2 N–H and O–H groups in total. The molecule has 3 rings (SSSR count). The van der Waals surface area contributed by atoms with Gasteiger partial charge < -0.3 is 15.3 Å². The highest BCUT2D eigenvalue weighted by molar-refractivity contribution is 9.10. The van der Waals surface area contributed by atoms with Crippen LogP contribution >= 0.6 is 27.5 Å². The highest BCUT2D eigenvalue weighted by Crippen LogP contribution is 2.27. The van der Waals surface area contributed by atoms with E-state index in [-0.39, 0.29) is 5.91 Å². The van der Waals surface area contributed by atoms with Gasteiger partial charge in [-0.05, 0) is 30.3 Å². The number of piperazine rings is 1. The van der Waals surface area contributed by atoms with Crippen LogP contribution in [0.3, 0.4) is 0 Å². The van der Waals surface area contributed by atoms with Crippen LogP contribution in [0.1, 0.15) is 0 Å². The van der Waals surface area contributed by atoms with Crippen molar-refractivity contribution in [3.63, 3.8) is 0 Å². The Morgan fingerprint density at radius 2 is 1.88 bits per heavy atom. The predicted molar refractivity (Wildman–Crippen MR) is 105 cm³/mol. The van der Waals surface area contributed by atoms with Gasteiger partial charge in [-0.25, -0.2) is 0 Å². The number of phenols is 1. The third kappa shape index (κ3) is 4.66. The molecule has 1 amide bonds. The first-order valence-electron chi connectivity index (χ1n) is 8.03. The summed E-state index contributed by atoms with van der Waals surface area (Å²) in [5.74, 6) is 0.207. The molecular formula is C18H19BrClN3O2. The molecule has 0 unspecified atom stereocenters. The molecule has 1 aliphatic rings. The van der Waals surface area contributed by atoms with Crippen molar-refractivity contribution in [3.05, 3.63) is 52.0 Å². The average Bonchev–Trinajstić information content (AvgIpc) is 2.59. The first-order chi connectivity index (χ1) is 12.0. The number of hydrogen-bond acceptors (Lipinski definition) is 4. The lowest BCUT2D eigenvalue weighted by Crippen LogP contribution is -2.48. The van der Waals surface area contributed by atoms with Crippen molar-refractivity contribution in [2.45, 2.75) is 0 Å². The molecule has 0 saturated carbocycles. The number of amides is 1. The number of para-hydroxylation sites is 2. The fourth-order valence-electron chi connectivity index (χ4n) is 2.86. The first-order valence-corrected chi connectivity index (χ1v) is 9.20. The topological polar surface area (TPSA) is 55.8 Å². The summed E-state index contributed by atoms with van der Waals surface area (Å²) in [6.07, 6.45) is 0. The van der Waals surface area contributed by atoms with Crippen molar-refractivity contribution >= 4 is 44.8 Å². The third-order valence-electron chi connectivity index (χ3n) is 4.17. The highest BCUT2D eigenvalue weighted by Gasteiger charge is 2.21. The van der Waals surface area contributed by atoms with Crippen LogP contribution in [0.25, 0.3) is 0 Å². The molecule has 0 bridgehead atoms. The van der Waals surface area contributed by atoms with E-state index >= 15 is 0 Å². The Morgan fingerprint density at radius 1 is 1.16 bits per heavy atom. The zero-order valence-corrected chi connectivity index (χ0v) is 15.9. The van der Waals surface area contributed by atoms with Crippen LogP contribution < -0.4 is 10.2 Å². The van der Waals surface area contributed by atoms with Crippen molar-refractivity contribution in [2.75, 3.05) is 42.9 Å².